The summed E-state index contributed by atoms with van der Waals surface area (Å²) >= 11 is 0. The molecule has 0 aliphatic heterocycles. The Labute approximate surface area is 109 Å². The maximum atomic E-state index is 12.3. The van der Waals surface area contributed by atoms with Gasteiger partial charge >= 0.3 is 0 Å². The highest BCUT2D eigenvalue weighted by atomic mass is 16.2. The van der Waals surface area contributed by atoms with Gasteiger partial charge in [-0.1, -0.05) is 27.2 Å². The molecule has 1 aromatic heterocycles. The molecule has 1 atom stereocenters. The first-order valence-corrected chi connectivity index (χ1v) is 6.49. The number of nitrogen functional groups attached to an aromatic ring is 1. The Hall–Kier alpha value is -1.58. The lowest BCUT2D eigenvalue weighted by atomic mass is 10.1. The van der Waals surface area contributed by atoms with Gasteiger partial charge in [-0.15, -0.1) is 0 Å². The van der Waals surface area contributed by atoms with Crippen LogP contribution in [0.15, 0.2) is 12.1 Å². The zero-order chi connectivity index (χ0) is 13.7. The second-order valence-corrected chi connectivity index (χ2v) is 4.82. The maximum Gasteiger partial charge on any atom is 0.253 e. The molecule has 0 saturated carbocycles. The highest BCUT2D eigenvalue weighted by Gasteiger charge is 2.15. The van der Waals surface area contributed by atoms with Crippen molar-refractivity contribution in [3.8, 4) is 0 Å². The van der Waals surface area contributed by atoms with Gasteiger partial charge in [-0.05, 0) is 24.5 Å². The molecule has 2 N–H and O–H groups in total. The molecule has 1 rings (SSSR count). The van der Waals surface area contributed by atoms with Crippen molar-refractivity contribution >= 4 is 11.7 Å². The molecule has 0 bridgehead atoms. The fourth-order valence-corrected chi connectivity index (χ4v) is 1.82. The quantitative estimate of drug-likeness (QED) is 0.871. The van der Waals surface area contributed by atoms with Crippen molar-refractivity contribution in [2.24, 2.45) is 5.92 Å². The van der Waals surface area contributed by atoms with Crippen LogP contribution in [0.1, 0.15) is 43.2 Å². The first kappa shape index (κ1) is 14.5. The Balaban J connectivity index is 2.86. The average Bonchev–Trinajstić information content (AvgIpc) is 2.36. The SMILES string of the molecule is CCc1cc(C(=O)N(C)CC(C)CC)cc(N)n1. The van der Waals surface area contributed by atoms with Crippen LogP contribution < -0.4 is 5.73 Å². The van der Waals surface area contributed by atoms with E-state index in [0.29, 0.717) is 17.3 Å². The molecule has 0 radical (unpaired) electrons. The molecule has 18 heavy (non-hydrogen) atoms. The number of anilines is 1. The first-order valence-electron chi connectivity index (χ1n) is 6.49. The highest BCUT2D eigenvalue weighted by molar-refractivity contribution is 5.94. The molecule has 0 aliphatic carbocycles. The Morgan fingerprint density at radius 2 is 2.11 bits per heavy atom. The van der Waals surface area contributed by atoms with E-state index < -0.39 is 0 Å². The molecule has 1 heterocycles. The van der Waals surface area contributed by atoms with E-state index in [1.807, 2.05) is 20.0 Å². The predicted molar refractivity (Wildman–Crippen MR) is 74.4 cm³/mol. The van der Waals surface area contributed by atoms with Crippen molar-refractivity contribution in [1.29, 1.82) is 0 Å². The Bertz CT molecular complexity index is 418. The second-order valence-electron chi connectivity index (χ2n) is 4.82. The number of hydrogen-bond acceptors (Lipinski definition) is 3. The second kappa shape index (κ2) is 6.38. The van der Waals surface area contributed by atoms with Gasteiger partial charge in [0.05, 0.1) is 0 Å². The van der Waals surface area contributed by atoms with E-state index in [9.17, 15) is 4.79 Å². The van der Waals surface area contributed by atoms with Gasteiger partial charge in [0.15, 0.2) is 0 Å². The Morgan fingerprint density at radius 1 is 1.44 bits per heavy atom. The normalized spacial score (nSPS) is 12.2. The number of carbonyl (C=O) groups excluding carboxylic acids is 1. The third-order valence-corrected chi connectivity index (χ3v) is 3.14. The molecule has 0 aliphatic rings. The lowest BCUT2D eigenvalue weighted by Crippen LogP contribution is -2.31. The van der Waals surface area contributed by atoms with E-state index in [1.54, 1.807) is 11.0 Å². The van der Waals surface area contributed by atoms with Crippen molar-refractivity contribution in [2.75, 3.05) is 19.3 Å². The molecule has 1 aromatic rings. The molecular formula is C14H23N3O. The minimum atomic E-state index is 0.0131. The number of nitrogens with zero attached hydrogens (tertiary/aromatic N) is 2. The lowest BCUT2D eigenvalue weighted by molar-refractivity contribution is 0.0774. The molecule has 0 fully saturated rings. The van der Waals surface area contributed by atoms with Crippen LogP contribution in [0.5, 0.6) is 0 Å². The molecule has 4 heteroatoms. The van der Waals surface area contributed by atoms with Crippen LogP contribution >= 0.6 is 0 Å². The largest absolute Gasteiger partial charge is 0.384 e. The van der Waals surface area contributed by atoms with Crippen LogP contribution in [0, 0.1) is 5.92 Å². The standard InChI is InChI=1S/C14H23N3O/c1-5-10(3)9-17(4)14(18)11-7-12(6-2)16-13(15)8-11/h7-8,10H,5-6,9H2,1-4H3,(H2,15,16). The molecule has 1 unspecified atom stereocenters. The molecule has 1 amide bonds. The third kappa shape index (κ3) is 3.72. The summed E-state index contributed by atoms with van der Waals surface area (Å²) in [6.45, 7) is 7.03. The number of amides is 1. The van der Waals surface area contributed by atoms with Crippen molar-refractivity contribution in [2.45, 2.75) is 33.6 Å². The highest BCUT2D eigenvalue weighted by Crippen LogP contribution is 2.12. The number of pyridine rings is 1. The van der Waals surface area contributed by atoms with Gasteiger partial charge in [-0.3, -0.25) is 4.79 Å². The minimum absolute atomic E-state index is 0.0131. The van der Waals surface area contributed by atoms with E-state index in [1.165, 1.54) is 0 Å². The number of hydrogen-bond donors (Lipinski definition) is 1. The number of aromatic nitrogens is 1. The van der Waals surface area contributed by atoms with Crippen LogP contribution in [0.2, 0.25) is 0 Å². The summed E-state index contributed by atoms with van der Waals surface area (Å²) < 4.78 is 0. The molecule has 0 aromatic carbocycles. The summed E-state index contributed by atoms with van der Waals surface area (Å²) in [6.07, 6.45) is 1.84. The smallest absolute Gasteiger partial charge is 0.253 e. The van der Waals surface area contributed by atoms with E-state index in [4.69, 9.17) is 5.73 Å². The van der Waals surface area contributed by atoms with Crippen molar-refractivity contribution in [3.63, 3.8) is 0 Å². The van der Waals surface area contributed by atoms with Gasteiger partial charge in [0.1, 0.15) is 5.82 Å². The summed E-state index contributed by atoms with van der Waals surface area (Å²) in [6, 6.07) is 3.47. The monoisotopic (exact) mass is 249 g/mol. The average molecular weight is 249 g/mol. The van der Waals surface area contributed by atoms with Gasteiger partial charge in [-0.25, -0.2) is 4.98 Å². The fraction of sp³-hybridized carbons (Fsp3) is 0.571. The molecule has 0 spiro atoms. The zero-order valence-corrected chi connectivity index (χ0v) is 11.7. The van der Waals surface area contributed by atoms with Crippen LogP contribution in [0.4, 0.5) is 5.82 Å². The third-order valence-electron chi connectivity index (χ3n) is 3.14. The van der Waals surface area contributed by atoms with E-state index in [2.05, 4.69) is 18.8 Å². The van der Waals surface area contributed by atoms with Crippen molar-refractivity contribution in [3.05, 3.63) is 23.4 Å². The van der Waals surface area contributed by atoms with Crippen LogP contribution in [-0.2, 0) is 6.42 Å². The van der Waals surface area contributed by atoms with Gasteiger partial charge in [0, 0.05) is 24.8 Å². The minimum Gasteiger partial charge on any atom is -0.384 e. The van der Waals surface area contributed by atoms with Crippen LogP contribution in [0.25, 0.3) is 0 Å². The van der Waals surface area contributed by atoms with Gasteiger partial charge in [-0.2, -0.15) is 0 Å². The van der Waals surface area contributed by atoms with Crippen LogP contribution in [-0.4, -0.2) is 29.4 Å². The first-order chi connectivity index (χ1) is 8.47. The number of carbonyl (C=O) groups is 1. The number of aryl methyl sites for hydroxylation is 1. The summed E-state index contributed by atoms with van der Waals surface area (Å²) in [5, 5.41) is 0. The number of rotatable bonds is 5. The summed E-state index contributed by atoms with van der Waals surface area (Å²) in [5.74, 6) is 0.928. The summed E-state index contributed by atoms with van der Waals surface area (Å²) in [5.41, 5.74) is 7.21. The fourth-order valence-electron chi connectivity index (χ4n) is 1.82. The summed E-state index contributed by atoms with van der Waals surface area (Å²) in [7, 11) is 1.83. The molecule has 100 valence electrons. The number of nitrogens with two attached hydrogens (primary N) is 1. The van der Waals surface area contributed by atoms with Crippen molar-refractivity contribution in [1.82, 2.24) is 9.88 Å². The topological polar surface area (TPSA) is 59.2 Å². The molecular weight excluding hydrogens is 226 g/mol. The molecule has 0 saturated heterocycles. The van der Waals surface area contributed by atoms with E-state index in [0.717, 1.165) is 25.1 Å². The zero-order valence-electron chi connectivity index (χ0n) is 11.7. The van der Waals surface area contributed by atoms with Crippen molar-refractivity contribution < 1.29 is 4.79 Å². The lowest BCUT2D eigenvalue weighted by Gasteiger charge is -2.21. The Morgan fingerprint density at radius 3 is 2.67 bits per heavy atom. The van der Waals surface area contributed by atoms with Gasteiger partial charge in [0.25, 0.3) is 5.91 Å². The van der Waals surface area contributed by atoms with E-state index in [-0.39, 0.29) is 5.91 Å². The van der Waals surface area contributed by atoms with E-state index >= 15 is 0 Å². The van der Waals surface area contributed by atoms with Gasteiger partial charge in [0.2, 0.25) is 0 Å². The van der Waals surface area contributed by atoms with Gasteiger partial charge < -0.3 is 10.6 Å². The van der Waals surface area contributed by atoms with Crippen LogP contribution in [0.3, 0.4) is 0 Å². The Kier molecular flexibility index (Phi) is 5.13. The maximum absolute atomic E-state index is 12.3. The molecule has 4 nitrogen and oxygen atoms in total. The predicted octanol–water partition coefficient (Wildman–Crippen LogP) is 2.34. The summed E-state index contributed by atoms with van der Waals surface area (Å²) in [4.78, 5) is 18.2.